The fourth-order valence-electron chi connectivity index (χ4n) is 2.13. The molecule has 1 atom stereocenters. The second-order valence-electron chi connectivity index (χ2n) is 4.88. The van der Waals surface area contributed by atoms with Gasteiger partial charge in [0.2, 0.25) is 10.0 Å². The van der Waals surface area contributed by atoms with Crippen molar-refractivity contribution >= 4 is 27.3 Å². The second-order valence-corrected chi connectivity index (χ2v) is 7.00. The van der Waals surface area contributed by atoms with E-state index in [-0.39, 0.29) is 16.6 Å². The standard InChI is InChI=1S/C15H17ClN2O2S/c1-10-5-3-4-6-13(10)11(2)18-21(19,20)12-7-8-14(16)15(17)9-12/h3-9,11,18H,17H2,1-2H3. The van der Waals surface area contributed by atoms with E-state index in [1.807, 2.05) is 31.2 Å². The van der Waals surface area contributed by atoms with Gasteiger partial charge < -0.3 is 5.73 Å². The average Bonchev–Trinajstić information content (AvgIpc) is 2.41. The van der Waals surface area contributed by atoms with Crippen LogP contribution in [-0.2, 0) is 10.0 Å². The summed E-state index contributed by atoms with van der Waals surface area (Å²) in [5.74, 6) is 0. The molecule has 0 aliphatic rings. The summed E-state index contributed by atoms with van der Waals surface area (Å²) in [5.41, 5.74) is 7.86. The molecule has 0 aliphatic carbocycles. The molecule has 6 heteroatoms. The van der Waals surface area contributed by atoms with Gasteiger partial charge in [0, 0.05) is 6.04 Å². The Morgan fingerprint density at radius 1 is 1.19 bits per heavy atom. The Hall–Kier alpha value is -1.56. The average molecular weight is 325 g/mol. The predicted molar refractivity (Wildman–Crippen MR) is 85.8 cm³/mol. The summed E-state index contributed by atoms with van der Waals surface area (Å²) in [5, 5.41) is 0.334. The van der Waals surface area contributed by atoms with Crippen LogP contribution in [0.4, 0.5) is 5.69 Å². The fraction of sp³-hybridized carbons (Fsp3) is 0.200. The van der Waals surface area contributed by atoms with E-state index < -0.39 is 10.0 Å². The molecule has 0 fully saturated rings. The van der Waals surface area contributed by atoms with Gasteiger partial charge in [-0.2, -0.15) is 0 Å². The lowest BCUT2D eigenvalue weighted by Crippen LogP contribution is -2.27. The van der Waals surface area contributed by atoms with Gasteiger partial charge in [-0.15, -0.1) is 0 Å². The molecule has 0 spiro atoms. The predicted octanol–water partition coefficient (Wildman–Crippen LogP) is 3.27. The van der Waals surface area contributed by atoms with E-state index in [2.05, 4.69) is 4.72 Å². The summed E-state index contributed by atoms with van der Waals surface area (Å²) in [6.45, 7) is 3.75. The van der Waals surface area contributed by atoms with Crippen LogP contribution in [0.1, 0.15) is 24.1 Å². The first-order chi connectivity index (χ1) is 9.81. The molecule has 1 unspecified atom stereocenters. The Morgan fingerprint density at radius 3 is 2.48 bits per heavy atom. The zero-order valence-electron chi connectivity index (χ0n) is 11.8. The van der Waals surface area contributed by atoms with Crippen molar-refractivity contribution in [2.24, 2.45) is 0 Å². The SMILES string of the molecule is Cc1ccccc1C(C)NS(=O)(=O)c1ccc(Cl)c(N)c1. The third-order valence-electron chi connectivity index (χ3n) is 3.26. The van der Waals surface area contributed by atoms with Crippen LogP contribution in [0, 0.1) is 6.92 Å². The van der Waals surface area contributed by atoms with Gasteiger partial charge in [-0.3, -0.25) is 0 Å². The lowest BCUT2D eigenvalue weighted by Gasteiger charge is -2.17. The van der Waals surface area contributed by atoms with Crippen molar-refractivity contribution in [3.8, 4) is 0 Å². The van der Waals surface area contributed by atoms with Crippen molar-refractivity contribution in [3.63, 3.8) is 0 Å². The third kappa shape index (κ3) is 3.56. The number of sulfonamides is 1. The van der Waals surface area contributed by atoms with Crippen molar-refractivity contribution in [2.75, 3.05) is 5.73 Å². The number of benzene rings is 2. The van der Waals surface area contributed by atoms with Gasteiger partial charge in [0.15, 0.2) is 0 Å². The minimum absolute atomic E-state index is 0.102. The highest BCUT2D eigenvalue weighted by molar-refractivity contribution is 7.89. The topological polar surface area (TPSA) is 72.2 Å². The molecule has 0 aromatic heterocycles. The Labute approximate surface area is 130 Å². The van der Waals surface area contributed by atoms with E-state index >= 15 is 0 Å². The molecule has 0 heterocycles. The van der Waals surface area contributed by atoms with Crippen molar-refractivity contribution in [2.45, 2.75) is 24.8 Å². The van der Waals surface area contributed by atoms with Crippen LogP contribution in [0.3, 0.4) is 0 Å². The van der Waals surface area contributed by atoms with Crippen LogP contribution in [-0.4, -0.2) is 8.42 Å². The number of hydrogen-bond donors (Lipinski definition) is 2. The van der Waals surface area contributed by atoms with Gasteiger partial charge in [0.25, 0.3) is 0 Å². The minimum Gasteiger partial charge on any atom is -0.397 e. The van der Waals surface area contributed by atoms with Gasteiger partial charge in [-0.25, -0.2) is 13.1 Å². The number of nitrogen functional groups attached to an aromatic ring is 1. The van der Waals surface area contributed by atoms with E-state index in [0.717, 1.165) is 11.1 Å². The molecule has 2 aromatic carbocycles. The maximum Gasteiger partial charge on any atom is 0.241 e. The molecule has 3 N–H and O–H groups in total. The summed E-state index contributed by atoms with van der Waals surface area (Å²) in [6.07, 6.45) is 0. The van der Waals surface area contributed by atoms with Gasteiger partial charge in [0.05, 0.1) is 15.6 Å². The molecular formula is C15H17ClN2O2S. The quantitative estimate of drug-likeness (QED) is 0.848. The van der Waals surface area contributed by atoms with Crippen LogP contribution >= 0.6 is 11.6 Å². The number of aryl methyl sites for hydroxylation is 1. The number of halogens is 1. The molecule has 112 valence electrons. The highest BCUT2D eigenvalue weighted by Gasteiger charge is 2.19. The fourth-order valence-corrected chi connectivity index (χ4v) is 3.50. The van der Waals surface area contributed by atoms with E-state index in [0.29, 0.717) is 5.02 Å². The molecule has 2 rings (SSSR count). The Kier molecular flexibility index (Phi) is 4.56. The first-order valence-corrected chi connectivity index (χ1v) is 8.30. The Balaban J connectivity index is 2.29. The lowest BCUT2D eigenvalue weighted by atomic mass is 10.0. The summed E-state index contributed by atoms with van der Waals surface area (Å²) in [4.78, 5) is 0.102. The van der Waals surface area contributed by atoms with Crippen molar-refractivity contribution in [1.82, 2.24) is 4.72 Å². The largest absolute Gasteiger partial charge is 0.397 e. The van der Waals surface area contributed by atoms with Gasteiger partial charge in [-0.05, 0) is 43.2 Å². The maximum absolute atomic E-state index is 12.4. The summed E-state index contributed by atoms with van der Waals surface area (Å²) >= 11 is 5.81. The molecule has 0 radical (unpaired) electrons. The van der Waals surface area contributed by atoms with Crippen LogP contribution < -0.4 is 10.5 Å². The molecule has 0 saturated heterocycles. The normalized spacial score (nSPS) is 13.1. The first kappa shape index (κ1) is 15.8. The molecule has 0 saturated carbocycles. The second kappa shape index (κ2) is 6.05. The first-order valence-electron chi connectivity index (χ1n) is 6.44. The van der Waals surface area contributed by atoms with Gasteiger partial charge >= 0.3 is 0 Å². The highest BCUT2D eigenvalue weighted by atomic mass is 35.5. The van der Waals surface area contributed by atoms with E-state index in [1.165, 1.54) is 18.2 Å². The molecule has 0 amide bonds. The summed E-state index contributed by atoms with van der Waals surface area (Å²) in [6, 6.07) is 11.6. The molecule has 0 bridgehead atoms. The number of nitrogens with two attached hydrogens (primary N) is 1. The lowest BCUT2D eigenvalue weighted by molar-refractivity contribution is 0.566. The highest BCUT2D eigenvalue weighted by Crippen LogP contribution is 2.24. The van der Waals surface area contributed by atoms with Crippen LogP contribution in [0.2, 0.25) is 5.02 Å². The zero-order valence-corrected chi connectivity index (χ0v) is 13.4. The molecule has 21 heavy (non-hydrogen) atoms. The van der Waals surface area contributed by atoms with E-state index in [9.17, 15) is 8.42 Å². The number of nitrogens with one attached hydrogen (secondary N) is 1. The van der Waals surface area contributed by atoms with Crippen molar-refractivity contribution < 1.29 is 8.42 Å². The van der Waals surface area contributed by atoms with Crippen molar-refractivity contribution in [1.29, 1.82) is 0 Å². The number of hydrogen-bond acceptors (Lipinski definition) is 3. The summed E-state index contributed by atoms with van der Waals surface area (Å²) < 4.78 is 27.4. The smallest absolute Gasteiger partial charge is 0.241 e. The number of anilines is 1. The molecule has 0 aliphatic heterocycles. The van der Waals surface area contributed by atoms with Crippen molar-refractivity contribution in [3.05, 3.63) is 58.6 Å². The Bertz CT molecular complexity index is 760. The monoisotopic (exact) mass is 324 g/mol. The van der Waals surface area contributed by atoms with Crippen LogP contribution in [0.25, 0.3) is 0 Å². The zero-order chi connectivity index (χ0) is 15.6. The maximum atomic E-state index is 12.4. The molecule has 4 nitrogen and oxygen atoms in total. The van der Waals surface area contributed by atoms with Gasteiger partial charge in [0.1, 0.15) is 0 Å². The number of rotatable bonds is 4. The molecular weight excluding hydrogens is 308 g/mol. The van der Waals surface area contributed by atoms with E-state index in [4.69, 9.17) is 17.3 Å². The Morgan fingerprint density at radius 2 is 1.86 bits per heavy atom. The van der Waals surface area contributed by atoms with E-state index in [1.54, 1.807) is 6.92 Å². The minimum atomic E-state index is -3.65. The van der Waals surface area contributed by atoms with Crippen LogP contribution in [0.15, 0.2) is 47.4 Å². The molecule has 2 aromatic rings. The van der Waals surface area contributed by atoms with Crippen LogP contribution in [0.5, 0.6) is 0 Å². The van der Waals surface area contributed by atoms with Gasteiger partial charge in [-0.1, -0.05) is 35.9 Å². The third-order valence-corrected chi connectivity index (χ3v) is 5.15. The summed E-state index contributed by atoms with van der Waals surface area (Å²) in [7, 11) is -3.65.